The van der Waals surface area contributed by atoms with Crippen molar-refractivity contribution in [1.29, 1.82) is 0 Å². The molecular weight excluding hydrogens is 224 g/mol. The number of fused-ring (bicyclic) bond motifs is 1. The SMILES string of the molecule is c1ccc2c(c1)CCNC2CNCc1ccoc1. The average molecular weight is 242 g/mol. The molecule has 1 aliphatic rings. The summed E-state index contributed by atoms with van der Waals surface area (Å²) in [6, 6.07) is 11.1. The molecule has 1 aromatic carbocycles. The van der Waals surface area contributed by atoms with Crippen molar-refractivity contribution in [2.24, 2.45) is 0 Å². The van der Waals surface area contributed by atoms with Crippen LogP contribution in [-0.4, -0.2) is 13.1 Å². The van der Waals surface area contributed by atoms with E-state index in [1.54, 1.807) is 12.5 Å². The van der Waals surface area contributed by atoms with Crippen LogP contribution >= 0.6 is 0 Å². The second kappa shape index (κ2) is 5.38. The maximum atomic E-state index is 5.06. The van der Waals surface area contributed by atoms with Gasteiger partial charge in [0.15, 0.2) is 0 Å². The Morgan fingerprint density at radius 2 is 2.22 bits per heavy atom. The summed E-state index contributed by atoms with van der Waals surface area (Å²) >= 11 is 0. The Bertz CT molecular complexity index is 493. The van der Waals surface area contributed by atoms with E-state index in [4.69, 9.17) is 4.42 Å². The van der Waals surface area contributed by atoms with E-state index < -0.39 is 0 Å². The summed E-state index contributed by atoms with van der Waals surface area (Å²) in [7, 11) is 0. The molecule has 0 aliphatic carbocycles. The van der Waals surface area contributed by atoms with Crippen LogP contribution in [0, 0.1) is 0 Å². The van der Waals surface area contributed by atoms with Crippen molar-refractivity contribution in [2.45, 2.75) is 19.0 Å². The van der Waals surface area contributed by atoms with Crippen molar-refractivity contribution in [1.82, 2.24) is 10.6 Å². The fraction of sp³-hybridized carbons (Fsp3) is 0.333. The maximum Gasteiger partial charge on any atom is 0.0947 e. The van der Waals surface area contributed by atoms with Gasteiger partial charge in [0.25, 0.3) is 0 Å². The second-order valence-corrected chi connectivity index (χ2v) is 4.72. The topological polar surface area (TPSA) is 37.2 Å². The quantitative estimate of drug-likeness (QED) is 0.863. The molecule has 0 saturated heterocycles. The molecule has 1 aliphatic heterocycles. The summed E-state index contributed by atoms with van der Waals surface area (Å²) in [5.74, 6) is 0. The molecule has 1 aromatic heterocycles. The molecule has 2 N–H and O–H groups in total. The minimum atomic E-state index is 0.418. The highest BCUT2D eigenvalue weighted by Crippen LogP contribution is 2.21. The first kappa shape index (κ1) is 11.5. The molecule has 3 heteroatoms. The molecule has 2 heterocycles. The van der Waals surface area contributed by atoms with Gasteiger partial charge >= 0.3 is 0 Å². The number of benzene rings is 1. The molecule has 1 unspecified atom stereocenters. The highest BCUT2D eigenvalue weighted by Gasteiger charge is 2.18. The normalized spacial score (nSPS) is 18.6. The van der Waals surface area contributed by atoms with Crippen molar-refractivity contribution in [2.75, 3.05) is 13.1 Å². The van der Waals surface area contributed by atoms with Crippen molar-refractivity contribution < 1.29 is 4.42 Å². The third-order valence-corrected chi connectivity index (χ3v) is 3.47. The smallest absolute Gasteiger partial charge is 0.0947 e. The lowest BCUT2D eigenvalue weighted by molar-refractivity contribution is 0.467. The molecular formula is C15H18N2O. The van der Waals surface area contributed by atoms with Crippen LogP contribution in [0.4, 0.5) is 0 Å². The molecule has 0 saturated carbocycles. The molecule has 0 fully saturated rings. The molecule has 94 valence electrons. The summed E-state index contributed by atoms with van der Waals surface area (Å²) in [6.07, 6.45) is 4.63. The van der Waals surface area contributed by atoms with Crippen LogP contribution in [0.15, 0.2) is 47.3 Å². The van der Waals surface area contributed by atoms with Gasteiger partial charge in [0, 0.05) is 24.7 Å². The third kappa shape index (κ3) is 2.47. The van der Waals surface area contributed by atoms with Crippen LogP contribution < -0.4 is 10.6 Å². The number of nitrogens with one attached hydrogen (secondary N) is 2. The Labute approximate surface area is 107 Å². The van der Waals surface area contributed by atoms with Crippen LogP contribution in [0.5, 0.6) is 0 Å². The summed E-state index contributed by atoms with van der Waals surface area (Å²) in [4.78, 5) is 0. The van der Waals surface area contributed by atoms with E-state index in [0.29, 0.717) is 6.04 Å². The molecule has 2 aromatic rings. The summed E-state index contributed by atoms with van der Waals surface area (Å²) < 4.78 is 5.06. The predicted octanol–water partition coefficient (Wildman–Crippen LogP) is 2.26. The number of furan rings is 1. The molecule has 3 nitrogen and oxygen atoms in total. The van der Waals surface area contributed by atoms with Crippen molar-refractivity contribution >= 4 is 0 Å². The minimum absolute atomic E-state index is 0.418. The molecule has 0 amide bonds. The van der Waals surface area contributed by atoms with Gasteiger partial charge in [0.1, 0.15) is 0 Å². The zero-order chi connectivity index (χ0) is 12.2. The summed E-state index contributed by atoms with van der Waals surface area (Å²) in [5.41, 5.74) is 4.11. The lowest BCUT2D eigenvalue weighted by Crippen LogP contribution is -2.36. The first-order chi connectivity index (χ1) is 8.93. The van der Waals surface area contributed by atoms with Gasteiger partial charge in [0.2, 0.25) is 0 Å². The Morgan fingerprint density at radius 1 is 1.28 bits per heavy atom. The van der Waals surface area contributed by atoms with Crippen LogP contribution in [-0.2, 0) is 13.0 Å². The Kier molecular flexibility index (Phi) is 3.44. The Hall–Kier alpha value is -1.58. The first-order valence-electron chi connectivity index (χ1n) is 6.46. The van der Waals surface area contributed by atoms with E-state index in [0.717, 1.165) is 26.1 Å². The van der Waals surface area contributed by atoms with E-state index >= 15 is 0 Å². The molecule has 3 rings (SSSR count). The predicted molar refractivity (Wildman–Crippen MR) is 71.3 cm³/mol. The molecule has 0 spiro atoms. The lowest BCUT2D eigenvalue weighted by Gasteiger charge is -2.27. The van der Waals surface area contributed by atoms with Gasteiger partial charge in [-0.2, -0.15) is 0 Å². The lowest BCUT2D eigenvalue weighted by atomic mass is 9.94. The zero-order valence-corrected chi connectivity index (χ0v) is 10.4. The van der Waals surface area contributed by atoms with E-state index in [1.165, 1.54) is 16.7 Å². The third-order valence-electron chi connectivity index (χ3n) is 3.47. The molecule has 0 bridgehead atoms. The fourth-order valence-electron chi connectivity index (χ4n) is 2.53. The second-order valence-electron chi connectivity index (χ2n) is 4.72. The standard InChI is InChI=1S/C15H18N2O/c1-2-4-14-13(3-1)5-7-17-15(14)10-16-9-12-6-8-18-11-12/h1-4,6,8,11,15-17H,5,7,9-10H2. The van der Waals surface area contributed by atoms with Gasteiger partial charge in [0.05, 0.1) is 12.5 Å². The van der Waals surface area contributed by atoms with Crippen molar-refractivity contribution in [3.8, 4) is 0 Å². The molecule has 0 radical (unpaired) electrons. The summed E-state index contributed by atoms with van der Waals surface area (Å²) in [6.45, 7) is 2.87. The van der Waals surface area contributed by atoms with Gasteiger partial charge < -0.3 is 15.1 Å². The van der Waals surface area contributed by atoms with Gasteiger partial charge in [-0.3, -0.25) is 0 Å². The van der Waals surface area contributed by atoms with Crippen molar-refractivity contribution in [3.05, 3.63) is 59.5 Å². The fourth-order valence-corrected chi connectivity index (χ4v) is 2.53. The Balaban J connectivity index is 1.60. The number of rotatable bonds is 4. The Morgan fingerprint density at radius 3 is 3.11 bits per heavy atom. The number of hydrogen-bond acceptors (Lipinski definition) is 3. The highest BCUT2D eigenvalue weighted by molar-refractivity contribution is 5.32. The highest BCUT2D eigenvalue weighted by atomic mass is 16.3. The van der Waals surface area contributed by atoms with Crippen LogP contribution in [0.3, 0.4) is 0 Å². The van der Waals surface area contributed by atoms with Gasteiger partial charge in [-0.25, -0.2) is 0 Å². The monoisotopic (exact) mass is 242 g/mol. The van der Waals surface area contributed by atoms with Crippen LogP contribution in [0.1, 0.15) is 22.7 Å². The van der Waals surface area contributed by atoms with Crippen LogP contribution in [0.25, 0.3) is 0 Å². The van der Waals surface area contributed by atoms with E-state index in [1.807, 2.05) is 6.07 Å². The molecule has 18 heavy (non-hydrogen) atoms. The van der Waals surface area contributed by atoms with Crippen LogP contribution in [0.2, 0.25) is 0 Å². The van der Waals surface area contributed by atoms with E-state index in [9.17, 15) is 0 Å². The van der Waals surface area contributed by atoms with E-state index in [-0.39, 0.29) is 0 Å². The maximum absolute atomic E-state index is 5.06. The zero-order valence-electron chi connectivity index (χ0n) is 10.4. The number of hydrogen-bond donors (Lipinski definition) is 2. The van der Waals surface area contributed by atoms with Gasteiger partial charge in [-0.1, -0.05) is 24.3 Å². The largest absolute Gasteiger partial charge is 0.472 e. The van der Waals surface area contributed by atoms with Gasteiger partial charge in [-0.15, -0.1) is 0 Å². The average Bonchev–Trinajstić information content (AvgIpc) is 2.92. The molecule has 1 atom stereocenters. The first-order valence-corrected chi connectivity index (χ1v) is 6.46. The summed E-state index contributed by atoms with van der Waals surface area (Å²) in [5, 5.41) is 7.05. The minimum Gasteiger partial charge on any atom is -0.472 e. The van der Waals surface area contributed by atoms with Crippen molar-refractivity contribution in [3.63, 3.8) is 0 Å². The van der Waals surface area contributed by atoms with Gasteiger partial charge in [-0.05, 0) is 30.2 Å². The van der Waals surface area contributed by atoms with E-state index in [2.05, 4.69) is 34.9 Å².